The van der Waals surface area contributed by atoms with Gasteiger partial charge in [-0.1, -0.05) is 13.8 Å². The summed E-state index contributed by atoms with van der Waals surface area (Å²) in [5.41, 5.74) is 5.89. The molecule has 1 aliphatic heterocycles. The minimum Gasteiger partial charge on any atom is -0.384 e. The summed E-state index contributed by atoms with van der Waals surface area (Å²) in [7, 11) is 0. The van der Waals surface area contributed by atoms with E-state index in [4.69, 9.17) is 0 Å². The highest BCUT2D eigenvalue weighted by atomic mass is 32.1. The first-order chi connectivity index (χ1) is 11.8. The zero-order valence-corrected chi connectivity index (χ0v) is 15.5. The van der Waals surface area contributed by atoms with Gasteiger partial charge in [0, 0.05) is 41.3 Å². The molecule has 2 aromatic rings. The summed E-state index contributed by atoms with van der Waals surface area (Å²) < 4.78 is 0. The molecule has 2 aliphatic rings. The number of thiazole rings is 1. The Hall–Kier alpha value is -1.39. The number of nitrogens with zero attached hydrogens (tertiary/aromatic N) is 2. The number of aromatic nitrogens is 1. The predicted molar refractivity (Wildman–Crippen MR) is 103 cm³/mol. The molecular weight excluding hydrogens is 314 g/mol. The largest absolute Gasteiger partial charge is 0.384 e. The maximum Gasteiger partial charge on any atom is 0.123 e. The second-order valence-corrected chi connectivity index (χ2v) is 7.99. The third kappa shape index (κ3) is 2.76. The molecule has 0 radical (unpaired) electrons. The summed E-state index contributed by atoms with van der Waals surface area (Å²) in [4.78, 5) is 7.33. The molecular formula is C20H27N3S. The zero-order valence-electron chi connectivity index (χ0n) is 14.7. The van der Waals surface area contributed by atoms with Crippen LogP contribution in [0.3, 0.4) is 0 Å². The number of benzene rings is 1. The van der Waals surface area contributed by atoms with Gasteiger partial charge in [-0.05, 0) is 62.0 Å². The van der Waals surface area contributed by atoms with Crippen molar-refractivity contribution in [2.75, 3.05) is 25.0 Å². The van der Waals surface area contributed by atoms with Gasteiger partial charge in [0.25, 0.3) is 0 Å². The lowest BCUT2D eigenvalue weighted by Crippen LogP contribution is -2.41. The van der Waals surface area contributed by atoms with Crippen molar-refractivity contribution in [1.82, 2.24) is 9.88 Å². The Morgan fingerprint density at radius 3 is 2.79 bits per heavy atom. The van der Waals surface area contributed by atoms with Gasteiger partial charge in [0.2, 0.25) is 0 Å². The topological polar surface area (TPSA) is 28.2 Å². The Kier molecular flexibility index (Phi) is 4.59. The summed E-state index contributed by atoms with van der Waals surface area (Å²) in [5.74, 6) is 0.671. The quantitative estimate of drug-likeness (QED) is 0.821. The fourth-order valence-corrected chi connectivity index (χ4v) is 5.27. The van der Waals surface area contributed by atoms with E-state index in [9.17, 15) is 0 Å². The summed E-state index contributed by atoms with van der Waals surface area (Å²) >= 11 is 1.76. The molecule has 0 fully saturated rings. The fraction of sp³-hybridized carbons (Fsp3) is 0.550. The Morgan fingerprint density at radius 1 is 1.25 bits per heavy atom. The van der Waals surface area contributed by atoms with Gasteiger partial charge in [0.15, 0.2) is 0 Å². The maximum absolute atomic E-state index is 4.60. The van der Waals surface area contributed by atoms with Crippen LogP contribution in [-0.4, -0.2) is 35.6 Å². The SMILES string of the molecule is CCCN(CCC)C1Cc2c(-c3nccs3)ccc3c2C(CN3)C1. The van der Waals surface area contributed by atoms with Crippen molar-refractivity contribution in [1.29, 1.82) is 0 Å². The molecule has 4 heteroatoms. The molecule has 2 atom stereocenters. The Bertz CT molecular complexity index is 689. The zero-order chi connectivity index (χ0) is 16.5. The van der Waals surface area contributed by atoms with Crippen molar-refractivity contribution in [3.05, 3.63) is 34.8 Å². The van der Waals surface area contributed by atoms with Crippen molar-refractivity contribution in [2.45, 2.75) is 51.5 Å². The maximum atomic E-state index is 4.60. The van der Waals surface area contributed by atoms with Crippen LogP contribution in [0.4, 0.5) is 5.69 Å². The first kappa shape index (κ1) is 16.1. The molecule has 0 bridgehead atoms. The standard InChI is InChI=1S/C20H27N3S/c1-3-8-23(9-4-2)15-11-14-13-22-18-6-5-16(17(12-15)19(14)18)20-21-7-10-24-20/h5-7,10,14-15,22H,3-4,8-9,11-13H2,1-2H3. The lowest BCUT2D eigenvalue weighted by atomic mass is 9.78. The minimum absolute atomic E-state index is 0.671. The molecule has 24 heavy (non-hydrogen) atoms. The second-order valence-electron chi connectivity index (χ2n) is 7.10. The molecule has 1 aromatic carbocycles. The van der Waals surface area contributed by atoms with Crippen LogP contribution in [0, 0.1) is 0 Å². The van der Waals surface area contributed by atoms with Crippen molar-refractivity contribution in [3.63, 3.8) is 0 Å². The highest BCUT2D eigenvalue weighted by molar-refractivity contribution is 7.13. The highest BCUT2D eigenvalue weighted by Gasteiger charge is 2.36. The van der Waals surface area contributed by atoms with E-state index in [1.807, 2.05) is 6.20 Å². The first-order valence-electron chi connectivity index (χ1n) is 9.35. The molecule has 2 unspecified atom stereocenters. The monoisotopic (exact) mass is 341 g/mol. The number of nitrogens with one attached hydrogen (secondary N) is 1. The Balaban J connectivity index is 1.73. The summed E-state index contributed by atoms with van der Waals surface area (Å²) in [6.07, 6.45) is 6.89. The molecule has 0 amide bonds. The highest BCUT2D eigenvalue weighted by Crippen LogP contribution is 2.46. The average Bonchev–Trinajstić information content (AvgIpc) is 3.26. The van der Waals surface area contributed by atoms with E-state index in [0.717, 1.165) is 6.54 Å². The molecule has 0 saturated carbocycles. The summed E-state index contributed by atoms with van der Waals surface area (Å²) in [6.45, 7) is 8.15. The summed E-state index contributed by atoms with van der Waals surface area (Å²) in [6, 6.07) is 5.23. The van der Waals surface area contributed by atoms with Gasteiger partial charge in [-0.3, -0.25) is 0 Å². The van der Waals surface area contributed by atoms with E-state index in [0.29, 0.717) is 12.0 Å². The molecule has 3 nitrogen and oxygen atoms in total. The Labute approximate surface area is 149 Å². The van der Waals surface area contributed by atoms with Crippen LogP contribution in [-0.2, 0) is 6.42 Å². The molecule has 128 valence electrons. The lowest BCUT2D eigenvalue weighted by molar-refractivity contribution is 0.173. The number of anilines is 1. The van der Waals surface area contributed by atoms with E-state index in [1.165, 1.54) is 55.0 Å². The van der Waals surface area contributed by atoms with E-state index in [2.05, 4.69) is 46.6 Å². The van der Waals surface area contributed by atoms with Gasteiger partial charge >= 0.3 is 0 Å². The molecule has 0 spiro atoms. The molecule has 1 aromatic heterocycles. The van der Waals surface area contributed by atoms with Crippen molar-refractivity contribution >= 4 is 17.0 Å². The van der Waals surface area contributed by atoms with Gasteiger partial charge in [-0.15, -0.1) is 11.3 Å². The molecule has 1 aliphatic carbocycles. The van der Waals surface area contributed by atoms with E-state index in [1.54, 1.807) is 22.5 Å². The molecule has 2 heterocycles. The van der Waals surface area contributed by atoms with Gasteiger partial charge in [-0.2, -0.15) is 0 Å². The third-order valence-electron chi connectivity index (χ3n) is 5.50. The number of rotatable bonds is 6. The van der Waals surface area contributed by atoms with Crippen LogP contribution in [0.15, 0.2) is 23.7 Å². The number of hydrogen-bond donors (Lipinski definition) is 1. The van der Waals surface area contributed by atoms with E-state index in [-0.39, 0.29) is 0 Å². The van der Waals surface area contributed by atoms with Crippen LogP contribution in [0.1, 0.15) is 50.2 Å². The van der Waals surface area contributed by atoms with Crippen LogP contribution in [0.5, 0.6) is 0 Å². The first-order valence-corrected chi connectivity index (χ1v) is 10.2. The van der Waals surface area contributed by atoms with Gasteiger partial charge in [-0.25, -0.2) is 4.98 Å². The molecule has 4 rings (SSSR count). The van der Waals surface area contributed by atoms with Gasteiger partial charge in [0.1, 0.15) is 5.01 Å². The normalized spacial score (nSPS) is 21.8. The third-order valence-corrected chi connectivity index (χ3v) is 6.31. The smallest absolute Gasteiger partial charge is 0.123 e. The van der Waals surface area contributed by atoms with Crippen LogP contribution in [0.25, 0.3) is 10.6 Å². The van der Waals surface area contributed by atoms with Crippen molar-refractivity contribution in [2.24, 2.45) is 0 Å². The lowest BCUT2D eigenvalue weighted by Gasteiger charge is -2.37. The average molecular weight is 342 g/mol. The van der Waals surface area contributed by atoms with Crippen molar-refractivity contribution in [3.8, 4) is 10.6 Å². The van der Waals surface area contributed by atoms with E-state index < -0.39 is 0 Å². The van der Waals surface area contributed by atoms with Crippen LogP contribution in [0.2, 0.25) is 0 Å². The van der Waals surface area contributed by atoms with Crippen molar-refractivity contribution < 1.29 is 0 Å². The van der Waals surface area contributed by atoms with E-state index >= 15 is 0 Å². The van der Waals surface area contributed by atoms with Gasteiger partial charge in [0.05, 0.1) is 0 Å². The molecule has 1 N–H and O–H groups in total. The van der Waals surface area contributed by atoms with Crippen LogP contribution >= 0.6 is 11.3 Å². The Morgan fingerprint density at radius 2 is 2.08 bits per heavy atom. The second kappa shape index (κ2) is 6.85. The summed E-state index contributed by atoms with van der Waals surface area (Å²) in [5, 5.41) is 6.91. The predicted octanol–water partition coefficient (Wildman–Crippen LogP) is 4.76. The minimum atomic E-state index is 0.671. The van der Waals surface area contributed by atoms with Gasteiger partial charge < -0.3 is 10.2 Å². The fourth-order valence-electron chi connectivity index (χ4n) is 4.58. The molecule has 0 saturated heterocycles. The number of hydrogen-bond acceptors (Lipinski definition) is 4. The van der Waals surface area contributed by atoms with Crippen LogP contribution < -0.4 is 5.32 Å².